The Morgan fingerprint density at radius 1 is 0.787 bits per heavy atom. The second-order valence-corrected chi connectivity index (χ2v) is 19.0. The Hall–Kier alpha value is -3.29. The van der Waals surface area contributed by atoms with E-state index in [4.69, 9.17) is 12.6 Å². The fourth-order valence-electron chi connectivity index (χ4n) is 17.6. The molecule has 0 bridgehead atoms. The summed E-state index contributed by atoms with van der Waals surface area (Å²) in [7, 11) is 0. The summed E-state index contributed by atoms with van der Waals surface area (Å²) < 4.78 is 0. The van der Waals surface area contributed by atoms with Crippen LogP contribution in [-0.4, -0.2) is 5.75 Å². The molecule has 0 amide bonds. The third kappa shape index (κ3) is 1.51. The van der Waals surface area contributed by atoms with Gasteiger partial charge >= 0.3 is 0 Å². The number of thiol groups is 1. The predicted molar refractivity (Wildman–Crippen MR) is 195 cm³/mol. The van der Waals surface area contributed by atoms with Gasteiger partial charge < -0.3 is 0 Å². The maximum Gasteiger partial charge on any atom is 0.0417 e. The highest BCUT2D eigenvalue weighted by Crippen LogP contribution is 2.89. The second-order valence-electron chi connectivity index (χ2n) is 18.6. The fourth-order valence-corrected chi connectivity index (χ4v) is 17.7. The summed E-state index contributed by atoms with van der Waals surface area (Å²) >= 11 is 4.97. The highest BCUT2D eigenvalue weighted by molar-refractivity contribution is 7.80. The minimum atomic E-state index is -0.0571. The van der Waals surface area contributed by atoms with E-state index in [1.807, 2.05) is 27.9 Å². The highest BCUT2D eigenvalue weighted by Gasteiger charge is 2.79. The molecule has 0 aliphatic heterocycles. The normalized spacial score (nSPS) is 41.2. The SMILES string of the molecule is CC1CC2c3ccc4c5c3c3c6c7c8c9c%10c%11c%12c8c8c(ccc-4c8c57)C%12C=C%11C4C(C)C5=C1C(CCCS)(C(=C5C%104C)[C@]96C)C32C. The standard InChI is InChI=1S/C46H34S/c1-15-13-23-20-10-9-18-17-7-8-19-21-14-22-30-28(21)32-26(19)25(17)31-27(18)29(20)40-39-34(31)33(32)38-37(30)43(3)36(22)16(2)24-35(15)46(11-6-12-47,45(23,40)5)42(41(24)43)44(38,39)4/h7-10,14-16,21,23,36,47H,6,11-13H2,1-5H3/t15?,16?,21?,23?,36?,43?,44-,45?,46?/m1/s1. The Morgan fingerprint density at radius 2 is 1.53 bits per heavy atom. The summed E-state index contributed by atoms with van der Waals surface area (Å²) in [6, 6.07) is 10.3. The summed E-state index contributed by atoms with van der Waals surface area (Å²) in [5.74, 6) is 3.73. The first kappa shape index (κ1) is 23.1. The van der Waals surface area contributed by atoms with Crippen molar-refractivity contribution in [3.63, 3.8) is 0 Å². The largest absolute Gasteiger partial charge is 0.179 e. The van der Waals surface area contributed by atoms with E-state index in [9.17, 15) is 0 Å². The van der Waals surface area contributed by atoms with E-state index in [2.05, 4.69) is 65.0 Å². The lowest BCUT2D eigenvalue weighted by Gasteiger charge is -2.65. The van der Waals surface area contributed by atoms with Gasteiger partial charge in [-0.05, 0) is 171 Å². The van der Waals surface area contributed by atoms with Crippen LogP contribution in [0, 0.1) is 23.2 Å². The Balaban J connectivity index is 1.33. The zero-order valence-corrected chi connectivity index (χ0v) is 28.4. The third-order valence-electron chi connectivity index (χ3n) is 18.0. The monoisotopic (exact) mass is 618 g/mol. The first-order valence-corrected chi connectivity index (χ1v) is 19.4. The molecule has 0 aromatic heterocycles. The second kappa shape index (κ2) is 5.75. The van der Waals surface area contributed by atoms with Crippen molar-refractivity contribution in [2.45, 2.75) is 82.0 Å². The fraction of sp³-hybridized carbons (Fsp3) is 0.391. The molecule has 47 heavy (non-hydrogen) atoms. The van der Waals surface area contributed by atoms with Gasteiger partial charge in [0, 0.05) is 33.5 Å². The molecule has 0 heterocycles. The van der Waals surface area contributed by atoms with Gasteiger partial charge in [-0.15, -0.1) is 0 Å². The van der Waals surface area contributed by atoms with Gasteiger partial charge in [0.05, 0.1) is 0 Å². The molecule has 5 aromatic carbocycles. The molecule has 0 spiro atoms. The van der Waals surface area contributed by atoms with Crippen molar-refractivity contribution in [2.75, 3.05) is 5.75 Å². The summed E-state index contributed by atoms with van der Waals surface area (Å²) in [6.45, 7) is 13.7. The quantitative estimate of drug-likeness (QED) is 0.148. The molecule has 11 aliphatic rings. The topological polar surface area (TPSA) is 0 Å². The van der Waals surface area contributed by atoms with Crippen molar-refractivity contribution in [3.05, 3.63) is 97.1 Å². The number of rotatable bonds is 3. The van der Waals surface area contributed by atoms with Crippen molar-refractivity contribution in [1.82, 2.24) is 0 Å². The molecule has 5 aromatic rings. The molecule has 1 heteroatoms. The number of fused-ring (bicyclic) bond motifs is 4. The van der Waals surface area contributed by atoms with Crippen LogP contribution in [0.2, 0.25) is 0 Å². The van der Waals surface area contributed by atoms with Crippen LogP contribution in [0.15, 0.2) is 52.6 Å². The van der Waals surface area contributed by atoms with Crippen molar-refractivity contribution in [1.29, 1.82) is 0 Å². The molecule has 0 nitrogen and oxygen atoms in total. The summed E-state index contributed by atoms with van der Waals surface area (Å²) in [6.07, 6.45) is 6.56. The molecule has 0 radical (unpaired) electrons. The lowest BCUT2D eigenvalue weighted by Crippen LogP contribution is -2.60. The van der Waals surface area contributed by atoms with Crippen LogP contribution in [0.3, 0.4) is 0 Å². The van der Waals surface area contributed by atoms with Gasteiger partial charge in [0.15, 0.2) is 0 Å². The van der Waals surface area contributed by atoms with Crippen molar-refractivity contribution in [3.8, 4) is 11.1 Å². The number of hydrogen-bond donors (Lipinski definition) is 1. The van der Waals surface area contributed by atoms with Gasteiger partial charge in [0.2, 0.25) is 0 Å². The van der Waals surface area contributed by atoms with E-state index in [0.717, 1.165) is 5.75 Å². The molecule has 0 N–H and O–H groups in total. The molecule has 9 atom stereocenters. The summed E-state index contributed by atoms with van der Waals surface area (Å²) in [5.41, 5.74) is 26.5. The average Bonchev–Trinajstić information content (AvgIpc) is 3.90. The molecule has 0 saturated heterocycles. The zero-order valence-electron chi connectivity index (χ0n) is 27.5. The van der Waals surface area contributed by atoms with E-state index in [1.54, 1.807) is 87.6 Å². The molecule has 224 valence electrons. The smallest absolute Gasteiger partial charge is 0.0417 e. The van der Waals surface area contributed by atoms with Gasteiger partial charge in [-0.1, -0.05) is 63.6 Å². The van der Waals surface area contributed by atoms with Gasteiger partial charge in [-0.3, -0.25) is 0 Å². The van der Waals surface area contributed by atoms with Crippen LogP contribution in [-0.2, 0) is 16.2 Å². The highest BCUT2D eigenvalue weighted by atomic mass is 32.1. The van der Waals surface area contributed by atoms with Crippen LogP contribution >= 0.6 is 12.6 Å². The van der Waals surface area contributed by atoms with Gasteiger partial charge in [-0.25, -0.2) is 0 Å². The van der Waals surface area contributed by atoms with E-state index >= 15 is 0 Å². The molecule has 11 aliphatic carbocycles. The summed E-state index contributed by atoms with van der Waals surface area (Å²) in [5, 5.41) is 13.4. The molecule has 2 fully saturated rings. The molecule has 8 unspecified atom stereocenters. The minimum absolute atomic E-state index is 0.0571. The van der Waals surface area contributed by atoms with Crippen molar-refractivity contribution in [2.24, 2.45) is 23.2 Å². The Labute approximate surface area is 279 Å². The van der Waals surface area contributed by atoms with Crippen molar-refractivity contribution < 1.29 is 0 Å². The lowest BCUT2D eigenvalue weighted by molar-refractivity contribution is 0.0911. The van der Waals surface area contributed by atoms with E-state index < -0.39 is 0 Å². The predicted octanol–water partition coefficient (Wildman–Crippen LogP) is 11.0. The van der Waals surface area contributed by atoms with Gasteiger partial charge in [0.1, 0.15) is 0 Å². The Kier molecular flexibility index (Phi) is 2.83. The van der Waals surface area contributed by atoms with E-state index in [0.29, 0.717) is 29.6 Å². The lowest BCUT2D eigenvalue weighted by atomic mass is 9.37. The first-order valence-electron chi connectivity index (χ1n) is 18.7. The Morgan fingerprint density at radius 3 is 2.34 bits per heavy atom. The Bertz CT molecular complexity index is 2910. The van der Waals surface area contributed by atoms with Crippen molar-refractivity contribution >= 4 is 61.3 Å². The molecule has 2 saturated carbocycles. The van der Waals surface area contributed by atoms with Gasteiger partial charge in [0.25, 0.3) is 0 Å². The molecular weight excluding hydrogens is 585 g/mol. The van der Waals surface area contributed by atoms with Crippen LogP contribution in [0.4, 0.5) is 0 Å². The number of hydrogen-bond acceptors (Lipinski definition) is 1. The molecular formula is C46H34S. The summed E-state index contributed by atoms with van der Waals surface area (Å²) in [4.78, 5) is 0. The average molecular weight is 619 g/mol. The zero-order chi connectivity index (χ0) is 30.5. The first-order chi connectivity index (χ1) is 22.8. The maximum atomic E-state index is 4.97. The van der Waals surface area contributed by atoms with Crippen LogP contribution < -0.4 is 0 Å². The van der Waals surface area contributed by atoms with E-state index in [-0.39, 0.29) is 21.7 Å². The molecule has 16 rings (SSSR count). The number of allylic oxidation sites excluding steroid dienone is 6. The van der Waals surface area contributed by atoms with E-state index in [1.165, 1.54) is 30.4 Å². The minimum Gasteiger partial charge on any atom is -0.179 e. The maximum absolute atomic E-state index is 4.97. The number of benzene rings is 5. The van der Waals surface area contributed by atoms with Crippen LogP contribution in [0.1, 0.15) is 110 Å². The van der Waals surface area contributed by atoms with Crippen LogP contribution in [0.25, 0.3) is 59.8 Å². The van der Waals surface area contributed by atoms with Gasteiger partial charge in [-0.2, -0.15) is 12.6 Å². The van der Waals surface area contributed by atoms with Crippen LogP contribution in [0.5, 0.6) is 0 Å². The third-order valence-corrected chi connectivity index (χ3v) is 18.3.